The molecule has 19 heavy (non-hydrogen) atoms. The smallest absolute Gasteiger partial charge is 0.0171 e. The molecule has 0 spiro atoms. The molecular formula is C17H26N2. The van der Waals surface area contributed by atoms with Gasteiger partial charge in [-0.3, -0.25) is 4.90 Å². The van der Waals surface area contributed by atoms with Crippen molar-refractivity contribution in [2.24, 2.45) is 11.1 Å². The van der Waals surface area contributed by atoms with Crippen LogP contribution in [0.4, 0.5) is 0 Å². The van der Waals surface area contributed by atoms with E-state index < -0.39 is 0 Å². The normalized spacial score (nSPS) is 34.6. The molecule has 2 heteroatoms. The first-order valence-electron chi connectivity index (χ1n) is 7.77. The third-order valence-electron chi connectivity index (χ3n) is 5.13. The van der Waals surface area contributed by atoms with E-state index in [-0.39, 0.29) is 0 Å². The molecule has 3 rings (SSSR count). The van der Waals surface area contributed by atoms with Crippen molar-refractivity contribution in [3.8, 4) is 0 Å². The molecule has 1 aliphatic heterocycles. The highest BCUT2D eigenvalue weighted by atomic mass is 15.2. The molecule has 0 aromatic heterocycles. The maximum absolute atomic E-state index is 6.06. The van der Waals surface area contributed by atoms with E-state index in [1.54, 1.807) is 0 Å². The molecule has 0 bridgehead atoms. The first-order valence-corrected chi connectivity index (χ1v) is 7.77. The molecule has 1 heterocycles. The Bertz CT molecular complexity index is 417. The molecule has 0 amide bonds. The Morgan fingerprint density at radius 2 is 2.11 bits per heavy atom. The summed E-state index contributed by atoms with van der Waals surface area (Å²) in [5, 5.41) is 0. The molecule has 3 atom stereocenters. The van der Waals surface area contributed by atoms with Crippen LogP contribution >= 0.6 is 0 Å². The average molecular weight is 258 g/mol. The summed E-state index contributed by atoms with van der Waals surface area (Å²) in [5.41, 5.74) is 7.99. The van der Waals surface area contributed by atoms with Crippen LogP contribution in [0.2, 0.25) is 0 Å². The topological polar surface area (TPSA) is 29.3 Å². The summed E-state index contributed by atoms with van der Waals surface area (Å²) < 4.78 is 0. The van der Waals surface area contributed by atoms with E-state index in [0.717, 1.165) is 18.5 Å². The molecule has 0 radical (unpaired) electrons. The lowest BCUT2D eigenvalue weighted by molar-refractivity contribution is 0.238. The lowest BCUT2D eigenvalue weighted by Crippen LogP contribution is -2.35. The van der Waals surface area contributed by atoms with Gasteiger partial charge in [0.15, 0.2) is 0 Å². The molecule has 3 unspecified atom stereocenters. The van der Waals surface area contributed by atoms with Crippen LogP contribution in [0.15, 0.2) is 30.3 Å². The standard InChI is InChI=1S/C17H26N2/c1-2-8-17(12-18)9-10-19(13-17)16-11-15(16)14-6-4-3-5-7-14/h3-7,15-16H,2,8-13,18H2,1H3. The number of nitrogens with zero attached hydrogens (tertiary/aromatic N) is 1. The van der Waals surface area contributed by atoms with Crippen molar-refractivity contribution in [2.75, 3.05) is 19.6 Å². The van der Waals surface area contributed by atoms with Crippen LogP contribution < -0.4 is 5.73 Å². The van der Waals surface area contributed by atoms with Gasteiger partial charge in [-0.05, 0) is 43.3 Å². The molecule has 104 valence electrons. The van der Waals surface area contributed by atoms with E-state index in [0.29, 0.717) is 5.41 Å². The van der Waals surface area contributed by atoms with Gasteiger partial charge < -0.3 is 5.73 Å². The monoisotopic (exact) mass is 258 g/mol. The number of hydrogen-bond donors (Lipinski definition) is 1. The largest absolute Gasteiger partial charge is 0.330 e. The van der Waals surface area contributed by atoms with Gasteiger partial charge in [-0.2, -0.15) is 0 Å². The van der Waals surface area contributed by atoms with Crippen molar-refractivity contribution in [3.05, 3.63) is 35.9 Å². The summed E-state index contributed by atoms with van der Waals surface area (Å²) in [4.78, 5) is 2.71. The maximum atomic E-state index is 6.06. The van der Waals surface area contributed by atoms with E-state index >= 15 is 0 Å². The zero-order valence-electron chi connectivity index (χ0n) is 12.0. The first kappa shape index (κ1) is 13.1. The van der Waals surface area contributed by atoms with Gasteiger partial charge in [0.25, 0.3) is 0 Å². The van der Waals surface area contributed by atoms with Gasteiger partial charge >= 0.3 is 0 Å². The quantitative estimate of drug-likeness (QED) is 0.879. The predicted molar refractivity (Wildman–Crippen MR) is 80.2 cm³/mol. The lowest BCUT2D eigenvalue weighted by Gasteiger charge is -2.27. The summed E-state index contributed by atoms with van der Waals surface area (Å²) in [6.45, 7) is 5.63. The van der Waals surface area contributed by atoms with E-state index in [1.165, 1.54) is 44.3 Å². The number of likely N-dealkylation sites (tertiary alicyclic amines) is 1. The van der Waals surface area contributed by atoms with Crippen molar-refractivity contribution in [3.63, 3.8) is 0 Å². The molecule has 1 aliphatic carbocycles. The van der Waals surface area contributed by atoms with Gasteiger partial charge in [0, 0.05) is 18.5 Å². The van der Waals surface area contributed by atoms with Crippen LogP contribution in [-0.2, 0) is 0 Å². The lowest BCUT2D eigenvalue weighted by atomic mass is 9.83. The number of benzene rings is 1. The Morgan fingerprint density at radius 3 is 2.79 bits per heavy atom. The molecule has 1 aromatic carbocycles. The van der Waals surface area contributed by atoms with E-state index in [4.69, 9.17) is 5.73 Å². The summed E-state index contributed by atoms with van der Waals surface area (Å²) >= 11 is 0. The second-order valence-electron chi connectivity index (χ2n) is 6.49. The van der Waals surface area contributed by atoms with Gasteiger partial charge in [0.05, 0.1) is 0 Å². The number of nitrogens with two attached hydrogens (primary N) is 1. The summed E-state index contributed by atoms with van der Waals surface area (Å²) in [5.74, 6) is 0.774. The Balaban J connectivity index is 1.61. The van der Waals surface area contributed by atoms with E-state index in [1.807, 2.05) is 0 Å². The molecule has 2 aliphatic rings. The Labute approximate surface area is 117 Å². The van der Waals surface area contributed by atoms with Crippen molar-refractivity contribution in [2.45, 2.75) is 44.6 Å². The zero-order valence-corrected chi connectivity index (χ0v) is 12.0. The fourth-order valence-electron chi connectivity index (χ4n) is 3.90. The molecule has 2 nitrogen and oxygen atoms in total. The number of rotatable bonds is 5. The minimum atomic E-state index is 0.415. The summed E-state index contributed by atoms with van der Waals surface area (Å²) in [6, 6.07) is 11.8. The number of hydrogen-bond acceptors (Lipinski definition) is 2. The molecule has 2 fully saturated rings. The second kappa shape index (κ2) is 5.26. The van der Waals surface area contributed by atoms with Crippen molar-refractivity contribution < 1.29 is 0 Å². The highest BCUT2D eigenvalue weighted by Crippen LogP contribution is 2.48. The highest BCUT2D eigenvalue weighted by molar-refractivity contribution is 5.28. The van der Waals surface area contributed by atoms with E-state index in [9.17, 15) is 0 Å². The van der Waals surface area contributed by atoms with Gasteiger partial charge in [0.1, 0.15) is 0 Å². The van der Waals surface area contributed by atoms with Crippen molar-refractivity contribution in [1.82, 2.24) is 4.90 Å². The van der Waals surface area contributed by atoms with Crippen LogP contribution in [0.5, 0.6) is 0 Å². The van der Waals surface area contributed by atoms with Crippen molar-refractivity contribution >= 4 is 0 Å². The molecule has 1 saturated heterocycles. The minimum absolute atomic E-state index is 0.415. The Morgan fingerprint density at radius 1 is 1.32 bits per heavy atom. The van der Waals surface area contributed by atoms with Crippen molar-refractivity contribution in [1.29, 1.82) is 0 Å². The fourth-order valence-corrected chi connectivity index (χ4v) is 3.90. The van der Waals surface area contributed by atoms with Gasteiger partial charge in [-0.25, -0.2) is 0 Å². The van der Waals surface area contributed by atoms with Crippen LogP contribution in [0.3, 0.4) is 0 Å². The molecule has 2 N–H and O–H groups in total. The van der Waals surface area contributed by atoms with Crippen LogP contribution in [0.1, 0.15) is 44.1 Å². The minimum Gasteiger partial charge on any atom is -0.330 e. The highest BCUT2D eigenvalue weighted by Gasteiger charge is 2.47. The molecular weight excluding hydrogens is 232 g/mol. The van der Waals surface area contributed by atoms with Gasteiger partial charge in [0.2, 0.25) is 0 Å². The predicted octanol–water partition coefficient (Wildman–Crippen LogP) is 2.99. The third-order valence-corrected chi connectivity index (χ3v) is 5.13. The zero-order chi connectivity index (χ0) is 13.3. The van der Waals surface area contributed by atoms with E-state index in [2.05, 4.69) is 42.2 Å². The fraction of sp³-hybridized carbons (Fsp3) is 0.647. The second-order valence-corrected chi connectivity index (χ2v) is 6.49. The van der Waals surface area contributed by atoms with Gasteiger partial charge in [-0.1, -0.05) is 43.7 Å². The van der Waals surface area contributed by atoms with Crippen LogP contribution in [-0.4, -0.2) is 30.6 Å². The Kier molecular flexibility index (Phi) is 3.64. The maximum Gasteiger partial charge on any atom is 0.0171 e. The Hall–Kier alpha value is -0.860. The summed E-state index contributed by atoms with van der Waals surface area (Å²) in [7, 11) is 0. The average Bonchev–Trinajstić information content (AvgIpc) is 3.15. The SMILES string of the molecule is CCCC1(CN)CCN(C2CC2c2ccccc2)C1. The summed E-state index contributed by atoms with van der Waals surface area (Å²) in [6.07, 6.45) is 5.20. The van der Waals surface area contributed by atoms with Crippen LogP contribution in [0, 0.1) is 5.41 Å². The van der Waals surface area contributed by atoms with Gasteiger partial charge in [-0.15, -0.1) is 0 Å². The molecule has 1 saturated carbocycles. The van der Waals surface area contributed by atoms with Crippen LogP contribution in [0.25, 0.3) is 0 Å². The molecule has 1 aromatic rings. The third kappa shape index (κ3) is 2.56. The first-order chi connectivity index (χ1) is 9.28.